The monoisotopic (exact) mass is 333 g/mol. The van der Waals surface area contributed by atoms with Gasteiger partial charge in [0.05, 0.1) is 20.1 Å². The van der Waals surface area contributed by atoms with Crippen molar-refractivity contribution >= 4 is 11.8 Å². The third-order valence-electron chi connectivity index (χ3n) is 4.04. The van der Waals surface area contributed by atoms with Crippen LogP contribution in [0.3, 0.4) is 0 Å². The molecule has 0 fully saturated rings. The largest absolute Gasteiger partial charge is 0.483 e. The maximum absolute atomic E-state index is 11.2. The Bertz CT molecular complexity index is 628. The molecule has 3 atom stereocenters. The summed E-state index contributed by atoms with van der Waals surface area (Å²) in [7, 11) is 3.06. The summed E-state index contributed by atoms with van der Waals surface area (Å²) >= 11 is 0. The molecule has 0 N–H and O–H groups in total. The zero-order chi connectivity index (χ0) is 17.7. The van der Waals surface area contributed by atoms with Crippen molar-refractivity contribution in [1.29, 1.82) is 0 Å². The van der Waals surface area contributed by atoms with Gasteiger partial charge >= 0.3 is 0 Å². The number of nitrogens with zero attached hydrogens (tertiary/aromatic N) is 3. The molecular formula is C17H23N3O4. The van der Waals surface area contributed by atoms with Crippen molar-refractivity contribution in [2.45, 2.75) is 31.8 Å². The molecule has 0 radical (unpaired) electrons. The first kappa shape index (κ1) is 17.9. The van der Waals surface area contributed by atoms with E-state index < -0.39 is 12.0 Å². The van der Waals surface area contributed by atoms with Gasteiger partial charge in [-0.1, -0.05) is 44.2 Å². The van der Waals surface area contributed by atoms with E-state index in [1.807, 2.05) is 44.2 Å². The molecule has 0 aromatic heterocycles. The molecule has 1 heterocycles. The van der Waals surface area contributed by atoms with Crippen LogP contribution in [0, 0.1) is 16.0 Å². The van der Waals surface area contributed by atoms with Crippen molar-refractivity contribution in [3.05, 3.63) is 46.0 Å². The van der Waals surface area contributed by atoms with Crippen LogP contribution in [0.15, 0.2) is 40.3 Å². The topological polar surface area (TPSA) is 86.3 Å². The van der Waals surface area contributed by atoms with E-state index in [1.165, 1.54) is 7.11 Å². The molecule has 1 aliphatic heterocycles. The van der Waals surface area contributed by atoms with Crippen molar-refractivity contribution in [1.82, 2.24) is 0 Å². The molecule has 7 heteroatoms. The summed E-state index contributed by atoms with van der Waals surface area (Å²) in [6.07, 6.45) is 0. The van der Waals surface area contributed by atoms with Crippen LogP contribution in [0.4, 0.5) is 0 Å². The van der Waals surface area contributed by atoms with Crippen molar-refractivity contribution in [2.24, 2.45) is 15.9 Å². The molecule has 1 aromatic rings. The predicted octanol–water partition coefficient (Wildman–Crippen LogP) is 2.54. The Kier molecular flexibility index (Phi) is 5.89. The van der Waals surface area contributed by atoms with E-state index in [-0.39, 0.29) is 23.4 Å². The molecule has 24 heavy (non-hydrogen) atoms. The van der Waals surface area contributed by atoms with Crippen molar-refractivity contribution < 1.29 is 14.4 Å². The Labute approximate surface area is 141 Å². The van der Waals surface area contributed by atoms with Crippen LogP contribution in [0.1, 0.15) is 25.3 Å². The van der Waals surface area contributed by atoms with Crippen LogP contribution in [0.2, 0.25) is 0 Å². The number of nitro groups is 1. The molecule has 0 unspecified atom stereocenters. The SMILES string of the molecule is COC1=N[C@H]([C@@H](C[N+](=O)[O-])c2ccccc2)C(OC)=N[C@H]1C(C)C. The molecule has 130 valence electrons. The van der Waals surface area contributed by atoms with Gasteiger partial charge in [-0.25, -0.2) is 9.98 Å². The van der Waals surface area contributed by atoms with Crippen molar-refractivity contribution in [3.63, 3.8) is 0 Å². The number of rotatable bonds is 5. The zero-order valence-corrected chi connectivity index (χ0v) is 14.4. The van der Waals surface area contributed by atoms with E-state index in [0.29, 0.717) is 11.8 Å². The highest BCUT2D eigenvalue weighted by atomic mass is 16.6. The van der Waals surface area contributed by atoms with Gasteiger partial charge in [0.1, 0.15) is 12.1 Å². The summed E-state index contributed by atoms with van der Waals surface area (Å²) in [5.74, 6) is 0.601. The van der Waals surface area contributed by atoms with E-state index in [2.05, 4.69) is 9.98 Å². The van der Waals surface area contributed by atoms with Crippen molar-refractivity contribution in [2.75, 3.05) is 20.8 Å². The molecule has 0 saturated carbocycles. The molecule has 0 aliphatic carbocycles. The number of aliphatic imine (C=N–C) groups is 2. The van der Waals surface area contributed by atoms with E-state index in [4.69, 9.17) is 9.47 Å². The normalized spacial score (nSPS) is 21.7. The minimum Gasteiger partial charge on any atom is -0.483 e. The van der Waals surface area contributed by atoms with Crippen LogP contribution in [-0.2, 0) is 9.47 Å². The Morgan fingerprint density at radius 2 is 1.62 bits per heavy atom. The second-order valence-corrected chi connectivity index (χ2v) is 6.01. The Morgan fingerprint density at radius 1 is 1.08 bits per heavy atom. The molecule has 0 saturated heterocycles. The highest BCUT2D eigenvalue weighted by Gasteiger charge is 2.38. The quantitative estimate of drug-likeness (QED) is 0.612. The highest BCUT2D eigenvalue weighted by molar-refractivity contribution is 5.94. The number of methoxy groups -OCH3 is 2. The van der Waals surface area contributed by atoms with Gasteiger partial charge in [-0.15, -0.1) is 0 Å². The zero-order valence-electron chi connectivity index (χ0n) is 14.4. The lowest BCUT2D eigenvalue weighted by molar-refractivity contribution is -0.483. The minimum absolute atomic E-state index is 0.181. The molecule has 1 aromatic carbocycles. The van der Waals surface area contributed by atoms with Gasteiger partial charge in [0.2, 0.25) is 18.3 Å². The summed E-state index contributed by atoms with van der Waals surface area (Å²) in [5, 5.41) is 11.2. The number of hydrogen-bond donors (Lipinski definition) is 0. The number of ether oxygens (including phenoxy) is 2. The van der Waals surface area contributed by atoms with Crippen LogP contribution < -0.4 is 0 Å². The smallest absolute Gasteiger partial charge is 0.213 e. The van der Waals surface area contributed by atoms with E-state index >= 15 is 0 Å². The molecule has 0 spiro atoms. The fourth-order valence-electron chi connectivity index (χ4n) is 2.83. The highest BCUT2D eigenvalue weighted by Crippen LogP contribution is 2.28. The fourth-order valence-corrected chi connectivity index (χ4v) is 2.83. The third kappa shape index (κ3) is 3.90. The van der Waals surface area contributed by atoms with Gasteiger partial charge < -0.3 is 9.47 Å². The second kappa shape index (κ2) is 7.90. The lowest BCUT2D eigenvalue weighted by Crippen LogP contribution is -2.41. The first-order chi connectivity index (χ1) is 11.5. The van der Waals surface area contributed by atoms with Gasteiger partial charge in [-0.05, 0) is 11.5 Å². The molecular weight excluding hydrogens is 310 g/mol. The summed E-state index contributed by atoms with van der Waals surface area (Å²) in [6.45, 7) is 3.77. The van der Waals surface area contributed by atoms with Gasteiger partial charge in [0.25, 0.3) is 0 Å². The fraction of sp³-hybridized carbons (Fsp3) is 0.529. The van der Waals surface area contributed by atoms with Crippen molar-refractivity contribution in [3.8, 4) is 0 Å². The predicted molar refractivity (Wildman–Crippen MR) is 92.3 cm³/mol. The van der Waals surface area contributed by atoms with E-state index in [1.54, 1.807) is 7.11 Å². The van der Waals surface area contributed by atoms with E-state index in [0.717, 1.165) is 5.56 Å². The summed E-state index contributed by atoms with van der Waals surface area (Å²) in [4.78, 5) is 20.1. The second-order valence-electron chi connectivity index (χ2n) is 6.01. The Morgan fingerprint density at radius 3 is 2.12 bits per heavy atom. The maximum atomic E-state index is 11.2. The molecule has 0 bridgehead atoms. The van der Waals surface area contributed by atoms with Crippen LogP contribution in [0.5, 0.6) is 0 Å². The maximum Gasteiger partial charge on any atom is 0.213 e. The molecule has 2 rings (SSSR count). The number of benzene rings is 1. The lowest BCUT2D eigenvalue weighted by Gasteiger charge is -2.30. The molecule has 1 aliphatic rings. The van der Waals surface area contributed by atoms with Gasteiger partial charge in [-0.3, -0.25) is 10.1 Å². The standard InChI is InChI=1S/C17H23N3O4/c1-11(2)14-16(23-3)19-15(17(18-14)24-4)13(10-20(21)22)12-8-6-5-7-9-12/h5-9,11,13-15H,10H2,1-4H3/t13-,14-,15+/m0/s1. The van der Waals surface area contributed by atoms with Crippen LogP contribution in [0.25, 0.3) is 0 Å². The molecule has 7 nitrogen and oxygen atoms in total. The molecule has 0 amide bonds. The third-order valence-corrected chi connectivity index (χ3v) is 4.04. The Balaban J connectivity index is 2.45. The summed E-state index contributed by atoms with van der Waals surface area (Å²) in [5.41, 5.74) is 0.825. The average Bonchev–Trinajstić information content (AvgIpc) is 2.59. The van der Waals surface area contributed by atoms with E-state index in [9.17, 15) is 10.1 Å². The summed E-state index contributed by atoms with van der Waals surface area (Å²) in [6, 6.07) is 8.48. The number of hydrogen-bond acceptors (Lipinski definition) is 6. The lowest BCUT2D eigenvalue weighted by atomic mass is 9.90. The van der Waals surface area contributed by atoms with Gasteiger partial charge in [-0.2, -0.15) is 0 Å². The van der Waals surface area contributed by atoms with Gasteiger partial charge in [0.15, 0.2) is 0 Å². The van der Waals surface area contributed by atoms with Gasteiger partial charge in [0, 0.05) is 4.92 Å². The summed E-state index contributed by atoms with van der Waals surface area (Å²) < 4.78 is 10.8. The van der Waals surface area contributed by atoms with Crippen LogP contribution >= 0.6 is 0 Å². The average molecular weight is 333 g/mol. The minimum atomic E-state index is -0.576. The first-order valence-corrected chi connectivity index (χ1v) is 7.88. The first-order valence-electron chi connectivity index (χ1n) is 7.88. The Hall–Kier alpha value is -2.44. The van der Waals surface area contributed by atoms with Crippen LogP contribution in [-0.4, -0.2) is 49.6 Å².